The van der Waals surface area contributed by atoms with Crippen LogP contribution in [0.3, 0.4) is 0 Å². The molecule has 0 radical (unpaired) electrons. The lowest BCUT2D eigenvalue weighted by Gasteiger charge is -2.07. The van der Waals surface area contributed by atoms with Gasteiger partial charge in [0.05, 0.1) is 12.8 Å². The second-order valence-electron chi connectivity index (χ2n) is 4.32. The number of aromatic nitrogens is 1. The molecule has 5 heteroatoms. The van der Waals surface area contributed by atoms with Crippen molar-refractivity contribution >= 4 is 11.3 Å². The Morgan fingerprint density at radius 3 is 2.74 bits per heavy atom. The highest BCUT2D eigenvalue weighted by Gasteiger charge is 2.16. The zero-order valence-corrected chi connectivity index (χ0v) is 12.3. The minimum atomic E-state index is -0.309. The first-order valence-electron chi connectivity index (χ1n) is 6.05. The van der Waals surface area contributed by atoms with Gasteiger partial charge in [-0.3, -0.25) is 0 Å². The molecular formula is C14H17FN2OS. The molecule has 0 bridgehead atoms. The van der Waals surface area contributed by atoms with Crippen molar-refractivity contribution in [3.8, 4) is 16.3 Å². The lowest BCUT2D eigenvalue weighted by atomic mass is 10.2. The number of nitrogens with one attached hydrogen (secondary N) is 1. The molecule has 102 valence electrons. The van der Waals surface area contributed by atoms with Gasteiger partial charge >= 0.3 is 0 Å². The summed E-state index contributed by atoms with van der Waals surface area (Å²) >= 11 is 1.52. The van der Waals surface area contributed by atoms with Crippen LogP contribution in [0.2, 0.25) is 0 Å². The predicted octanol–water partition coefficient (Wildman–Crippen LogP) is 3.55. The van der Waals surface area contributed by atoms with E-state index in [-0.39, 0.29) is 11.9 Å². The molecule has 1 unspecified atom stereocenters. The highest BCUT2D eigenvalue weighted by Crippen LogP contribution is 2.33. The van der Waals surface area contributed by atoms with Crippen LogP contribution < -0.4 is 10.1 Å². The summed E-state index contributed by atoms with van der Waals surface area (Å²) < 4.78 is 19.0. The summed E-state index contributed by atoms with van der Waals surface area (Å²) in [7, 11) is 3.42. The van der Waals surface area contributed by atoms with Gasteiger partial charge in [0, 0.05) is 22.5 Å². The number of rotatable bonds is 4. The number of hydrogen-bond acceptors (Lipinski definition) is 4. The maximum absolute atomic E-state index is 14.0. The first kappa shape index (κ1) is 14.0. The summed E-state index contributed by atoms with van der Waals surface area (Å²) in [5.41, 5.74) is 1.46. The van der Waals surface area contributed by atoms with Crippen LogP contribution >= 0.6 is 11.3 Å². The number of ether oxygens (including phenoxy) is 1. The van der Waals surface area contributed by atoms with Gasteiger partial charge in [-0.1, -0.05) is 0 Å². The van der Waals surface area contributed by atoms with Crippen LogP contribution in [0.15, 0.2) is 18.2 Å². The molecular weight excluding hydrogens is 263 g/mol. The number of thiazole rings is 1. The summed E-state index contributed by atoms with van der Waals surface area (Å²) in [4.78, 5) is 5.60. The summed E-state index contributed by atoms with van der Waals surface area (Å²) in [5, 5.41) is 3.88. The van der Waals surface area contributed by atoms with E-state index in [2.05, 4.69) is 17.2 Å². The Balaban J connectivity index is 2.42. The third kappa shape index (κ3) is 2.77. The predicted molar refractivity (Wildman–Crippen MR) is 76.3 cm³/mol. The highest BCUT2D eigenvalue weighted by molar-refractivity contribution is 7.15. The molecule has 1 heterocycles. The summed E-state index contributed by atoms with van der Waals surface area (Å²) in [6.45, 7) is 4.01. The smallest absolute Gasteiger partial charge is 0.137 e. The van der Waals surface area contributed by atoms with Crippen molar-refractivity contribution in [2.24, 2.45) is 0 Å². The fourth-order valence-electron chi connectivity index (χ4n) is 1.85. The normalized spacial score (nSPS) is 12.5. The Morgan fingerprint density at radius 1 is 1.42 bits per heavy atom. The SMILES string of the molecule is CNC(C)c1sc(-c2ccc(OC)cc2F)nc1C. The second kappa shape index (κ2) is 5.67. The molecule has 3 nitrogen and oxygen atoms in total. The first-order chi connectivity index (χ1) is 9.06. The Kier molecular flexibility index (Phi) is 4.17. The van der Waals surface area contributed by atoms with Gasteiger partial charge in [-0.25, -0.2) is 9.37 Å². The summed E-state index contributed by atoms with van der Waals surface area (Å²) in [6.07, 6.45) is 0. The molecule has 1 N–H and O–H groups in total. The van der Waals surface area contributed by atoms with Crippen LogP contribution in [0, 0.1) is 12.7 Å². The van der Waals surface area contributed by atoms with Crippen LogP contribution in [0.25, 0.3) is 10.6 Å². The van der Waals surface area contributed by atoms with Gasteiger partial charge in [-0.05, 0) is 33.0 Å². The Labute approximate surface area is 116 Å². The van der Waals surface area contributed by atoms with E-state index >= 15 is 0 Å². The van der Waals surface area contributed by atoms with E-state index in [0.717, 1.165) is 10.6 Å². The van der Waals surface area contributed by atoms with E-state index in [4.69, 9.17) is 4.74 Å². The van der Waals surface area contributed by atoms with Crippen LogP contribution in [-0.4, -0.2) is 19.1 Å². The minimum absolute atomic E-state index is 0.215. The maximum atomic E-state index is 14.0. The van der Waals surface area contributed by atoms with E-state index in [1.807, 2.05) is 14.0 Å². The van der Waals surface area contributed by atoms with E-state index in [0.29, 0.717) is 16.3 Å². The van der Waals surface area contributed by atoms with Gasteiger partial charge in [0.1, 0.15) is 16.6 Å². The topological polar surface area (TPSA) is 34.1 Å². The zero-order chi connectivity index (χ0) is 14.0. The molecule has 19 heavy (non-hydrogen) atoms. The number of halogens is 1. The minimum Gasteiger partial charge on any atom is -0.497 e. The van der Waals surface area contributed by atoms with Crippen molar-refractivity contribution in [2.75, 3.05) is 14.2 Å². The van der Waals surface area contributed by atoms with Crippen LogP contribution in [0.1, 0.15) is 23.5 Å². The van der Waals surface area contributed by atoms with Crippen LogP contribution in [0.4, 0.5) is 4.39 Å². The third-order valence-corrected chi connectivity index (χ3v) is 4.44. The first-order valence-corrected chi connectivity index (χ1v) is 6.87. The van der Waals surface area contributed by atoms with Crippen molar-refractivity contribution in [3.05, 3.63) is 34.6 Å². The number of aryl methyl sites for hydroxylation is 1. The molecule has 0 spiro atoms. The van der Waals surface area contributed by atoms with Gasteiger partial charge in [0.25, 0.3) is 0 Å². The average Bonchev–Trinajstić information content (AvgIpc) is 2.79. The number of methoxy groups -OCH3 is 1. The van der Waals surface area contributed by atoms with Crippen LogP contribution in [-0.2, 0) is 0 Å². The quantitative estimate of drug-likeness (QED) is 0.930. The van der Waals surface area contributed by atoms with E-state index in [9.17, 15) is 4.39 Å². The molecule has 0 fully saturated rings. The number of hydrogen-bond donors (Lipinski definition) is 1. The molecule has 0 saturated heterocycles. The highest BCUT2D eigenvalue weighted by atomic mass is 32.1. The molecule has 2 rings (SSSR count). The maximum Gasteiger partial charge on any atom is 0.137 e. The molecule has 1 aromatic heterocycles. The molecule has 1 aromatic carbocycles. The number of nitrogens with zero attached hydrogens (tertiary/aromatic N) is 1. The molecule has 2 aromatic rings. The largest absolute Gasteiger partial charge is 0.497 e. The van der Waals surface area contributed by atoms with E-state index < -0.39 is 0 Å². The Hall–Kier alpha value is -1.46. The van der Waals surface area contributed by atoms with Crippen molar-refractivity contribution in [1.82, 2.24) is 10.3 Å². The lowest BCUT2D eigenvalue weighted by Crippen LogP contribution is -2.11. The van der Waals surface area contributed by atoms with Crippen LogP contribution in [0.5, 0.6) is 5.75 Å². The van der Waals surface area contributed by atoms with Gasteiger partial charge in [0.15, 0.2) is 0 Å². The fourth-order valence-corrected chi connectivity index (χ4v) is 3.01. The van der Waals surface area contributed by atoms with Gasteiger partial charge in [0.2, 0.25) is 0 Å². The van der Waals surface area contributed by atoms with Crippen molar-refractivity contribution < 1.29 is 9.13 Å². The summed E-state index contributed by atoms with van der Waals surface area (Å²) in [6, 6.07) is 5.05. The molecule has 0 aliphatic carbocycles. The average molecular weight is 280 g/mol. The molecule has 0 amide bonds. The molecule has 1 atom stereocenters. The molecule has 0 saturated carbocycles. The van der Waals surface area contributed by atoms with Crippen molar-refractivity contribution in [1.29, 1.82) is 0 Å². The Bertz CT molecular complexity index is 583. The van der Waals surface area contributed by atoms with E-state index in [1.54, 1.807) is 12.1 Å². The number of benzene rings is 1. The van der Waals surface area contributed by atoms with E-state index in [1.165, 1.54) is 24.5 Å². The second-order valence-corrected chi connectivity index (χ2v) is 5.36. The summed E-state index contributed by atoms with van der Waals surface area (Å²) in [5.74, 6) is 0.204. The van der Waals surface area contributed by atoms with Gasteiger partial charge < -0.3 is 10.1 Å². The molecule has 0 aliphatic rings. The third-order valence-electron chi connectivity index (χ3n) is 3.07. The Morgan fingerprint density at radius 2 is 2.16 bits per heavy atom. The standard InChI is InChI=1S/C14H17FN2OS/c1-8(16-3)13-9(2)17-14(19-13)11-6-5-10(18-4)7-12(11)15/h5-8,16H,1-4H3. The van der Waals surface area contributed by atoms with Gasteiger partial charge in [-0.2, -0.15) is 0 Å². The monoisotopic (exact) mass is 280 g/mol. The van der Waals surface area contributed by atoms with Crippen molar-refractivity contribution in [2.45, 2.75) is 19.9 Å². The van der Waals surface area contributed by atoms with Crippen molar-refractivity contribution in [3.63, 3.8) is 0 Å². The zero-order valence-electron chi connectivity index (χ0n) is 11.5. The molecule has 0 aliphatic heterocycles. The fraction of sp³-hybridized carbons (Fsp3) is 0.357. The lowest BCUT2D eigenvalue weighted by molar-refractivity contribution is 0.411. The van der Waals surface area contributed by atoms with Gasteiger partial charge in [-0.15, -0.1) is 11.3 Å².